The van der Waals surface area contributed by atoms with Crippen molar-refractivity contribution in [2.75, 3.05) is 12.5 Å². The SMILES string of the molecule is COc1ccc2cc(/C=N\Nc3ccccn3)c(Cl)nc2c1. The van der Waals surface area contributed by atoms with Crippen LogP contribution < -0.4 is 10.2 Å². The summed E-state index contributed by atoms with van der Waals surface area (Å²) in [6, 6.07) is 13.1. The highest BCUT2D eigenvalue weighted by atomic mass is 35.5. The quantitative estimate of drug-likeness (QED) is 0.453. The second kappa shape index (κ2) is 6.41. The summed E-state index contributed by atoms with van der Waals surface area (Å²) in [4.78, 5) is 8.47. The standard InChI is InChI=1S/C16H13ClN4O/c1-22-13-6-5-11-8-12(16(17)20-14(11)9-13)10-19-21-15-4-2-3-7-18-15/h2-10H,1H3,(H,18,21)/b19-10-. The van der Waals surface area contributed by atoms with Gasteiger partial charge in [-0.15, -0.1) is 0 Å². The highest BCUT2D eigenvalue weighted by Gasteiger charge is 2.04. The van der Waals surface area contributed by atoms with Crippen LogP contribution in [0.4, 0.5) is 5.82 Å². The summed E-state index contributed by atoms with van der Waals surface area (Å²) in [6.07, 6.45) is 3.31. The molecule has 0 saturated carbocycles. The zero-order chi connectivity index (χ0) is 15.4. The summed E-state index contributed by atoms with van der Waals surface area (Å²) >= 11 is 6.19. The first-order chi connectivity index (χ1) is 10.8. The van der Waals surface area contributed by atoms with Crippen molar-refractivity contribution in [3.63, 3.8) is 0 Å². The first kappa shape index (κ1) is 14.3. The topological polar surface area (TPSA) is 59.4 Å². The molecular formula is C16H13ClN4O. The minimum atomic E-state index is 0.382. The third-order valence-electron chi connectivity index (χ3n) is 3.05. The number of benzene rings is 1. The minimum Gasteiger partial charge on any atom is -0.497 e. The van der Waals surface area contributed by atoms with E-state index in [-0.39, 0.29) is 0 Å². The van der Waals surface area contributed by atoms with Crippen LogP contribution in [0.2, 0.25) is 5.15 Å². The van der Waals surface area contributed by atoms with Gasteiger partial charge in [-0.3, -0.25) is 5.43 Å². The Morgan fingerprint density at radius 1 is 1.23 bits per heavy atom. The van der Waals surface area contributed by atoms with E-state index in [0.29, 0.717) is 11.0 Å². The Morgan fingerprint density at radius 3 is 2.91 bits per heavy atom. The molecule has 0 aliphatic carbocycles. The molecule has 0 fully saturated rings. The lowest BCUT2D eigenvalue weighted by Gasteiger charge is -2.04. The summed E-state index contributed by atoms with van der Waals surface area (Å²) in [5.74, 6) is 1.41. The number of hydrogen-bond donors (Lipinski definition) is 1. The van der Waals surface area contributed by atoms with E-state index < -0.39 is 0 Å². The molecule has 110 valence electrons. The fourth-order valence-electron chi connectivity index (χ4n) is 1.95. The number of aromatic nitrogens is 2. The molecule has 3 rings (SSSR count). The van der Waals surface area contributed by atoms with E-state index in [0.717, 1.165) is 22.2 Å². The molecule has 2 heterocycles. The number of nitrogens with zero attached hydrogens (tertiary/aromatic N) is 3. The van der Waals surface area contributed by atoms with Crippen LogP contribution in [0.1, 0.15) is 5.56 Å². The summed E-state index contributed by atoms with van der Waals surface area (Å²) in [6.45, 7) is 0. The monoisotopic (exact) mass is 312 g/mol. The Balaban J connectivity index is 1.86. The van der Waals surface area contributed by atoms with Gasteiger partial charge in [0.1, 0.15) is 16.7 Å². The van der Waals surface area contributed by atoms with Gasteiger partial charge in [-0.2, -0.15) is 5.10 Å². The molecule has 0 radical (unpaired) electrons. The van der Waals surface area contributed by atoms with Gasteiger partial charge in [0.25, 0.3) is 0 Å². The van der Waals surface area contributed by atoms with Crippen molar-refractivity contribution in [2.24, 2.45) is 5.10 Å². The molecule has 0 saturated heterocycles. The van der Waals surface area contributed by atoms with Crippen molar-refractivity contribution < 1.29 is 4.74 Å². The van der Waals surface area contributed by atoms with Gasteiger partial charge in [0.15, 0.2) is 0 Å². The molecule has 22 heavy (non-hydrogen) atoms. The molecule has 5 nitrogen and oxygen atoms in total. The van der Waals surface area contributed by atoms with Crippen molar-refractivity contribution in [1.29, 1.82) is 0 Å². The van der Waals surface area contributed by atoms with Crippen LogP contribution in [0, 0.1) is 0 Å². The zero-order valence-corrected chi connectivity index (χ0v) is 12.6. The number of ether oxygens (including phenoxy) is 1. The number of pyridine rings is 2. The number of fused-ring (bicyclic) bond motifs is 1. The Labute approximate surface area is 132 Å². The van der Waals surface area contributed by atoms with E-state index in [1.165, 1.54) is 0 Å². The molecule has 0 unspecified atom stereocenters. The number of hydrogen-bond acceptors (Lipinski definition) is 5. The van der Waals surface area contributed by atoms with Crippen LogP contribution >= 0.6 is 11.6 Å². The molecule has 0 atom stereocenters. The number of hydrazone groups is 1. The van der Waals surface area contributed by atoms with E-state index in [1.54, 1.807) is 19.5 Å². The minimum absolute atomic E-state index is 0.382. The van der Waals surface area contributed by atoms with E-state index in [1.807, 2.05) is 42.5 Å². The summed E-state index contributed by atoms with van der Waals surface area (Å²) in [7, 11) is 1.62. The van der Waals surface area contributed by atoms with E-state index in [4.69, 9.17) is 16.3 Å². The Bertz CT molecular complexity index is 821. The molecular weight excluding hydrogens is 300 g/mol. The normalized spacial score (nSPS) is 11.0. The second-order valence-electron chi connectivity index (χ2n) is 4.51. The molecule has 2 aromatic heterocycles. The van der Waals surface area contributed by atoms with Gasteiger partial charge in [-0.05, 0) is 30.3 Å². The number of halogens is 1. The summed E-state index contributed by atoms with van der Waals surface area (Å²) in [5.41, 5.74) is 4.34. The second-order valence-corrected chi connectivity index (χ2v) is 4.87. The van der Waals surface area contributed by atoms with Gasteiger partial charge in [0.2, 0.25) is 0 Å². The fourth-order valence-corrected chi connectivity index (χ4v) is 2.15. The van der Waals surface area contributed by atoms with Crippen molar-refractivity contribution >= 4 is 34.5 Å². The van der Waals surface area contributed by atoms with Crippen molar-refractivity contribution in [3.05, 3.63) is 59.4 Å². The number of nitrogens with one attached hydrogen (secondary N) is 1. The number of rotatable bonds is 4. The highest BCUT2D eigenvalue weighted by molar-refractivity contribution is 6.32. The Morgan fingerprint density at radius 2 is 2.14 bits per heavy atom. The Hall–Kier alpha value is -2.66. The lowest BCUT2D eigenvalue weighted by molar-refractivity contribution is 0.415. The largest absolute Gasteiger partial charge is 0.497 e. The maximum absolute atomic E-state index is 6.19. The molecule has 0 aliphatic heterocycles. The molecule has 6 heteroatoms. The van der Waals surface area contributed by atoms with Gasteiger partial charge in [-0.1, -0.05) is 17.7 Å². The maximum Gasteiger partial charge on any atom is 0.146 e. The van der Waals surface area contributed by atoms with Crippen molar-refractivity contribution in [2.45, 2.75) is 0 Å². The van der Waals surface area contributed by atoms with E-state index >= 15 is 0 Å². The summed E-state index contributed by atoms with van der Waals surface area (Å²) in [5, 5.41) is 5.47. The predicted octanol–water partition coefficient (Wildman–Crippen LogP) is 3.74. The van der Waals surface area contributed by atoms with Crippen LogP contribution in [0.5, 0.6) is 5.75 Å². The zero-order valence-electron chi connectivity index (χ0n) is 11.8. The lowest BCUT2D eigenvalue weighted by Crippen LogP contribution is -1.95. The Kier molecular flexibility index (Phi) is 4.16. The average molecular weight is 313 g/mol. The van der Waals surface area contributed by atoms with Crippen LogP contribution in [0.3, 0.4) is 0 Å². The highest BCUT2D eigenvalue weighted by Crippen LogP contribution is 2.23. The van der Waals surface area contributed by atoms with Gasteiger partial charge in [0.05, 0.1) is 18.8 Å². The maximum atomic E-state index is 6.19. The van der Waals surface area contributed by atoms with Crippen molar-refractivity contribution in [3.8, 4) is 5.75 Å². The van der Waals surface area contributed by atoms with E-state index in [2.05, 4.69) is 20.5 Å². The molecule has 0 aliphatic rings. The lowest BCUT2D eigenvalue weighted by atomic mass is 10.1. The van der Waals surface area contributed by atoms with Gasteiger partial charge >= 0.3 is 0 Å². The number of anilines is 1. The van der Waals surface area contributed by atoms with Crippen molar-refractivity contribution in [1.82, 2.24) is 9.97 Å². The van der Waals surface area contributed by atoms with Gasteiger partial charge in [0, 0.05) is 23.2 Å². The summed E-state index contributed by atoms with van der Waals surface area (Å²) < 4.78 is 5.18. The molecule has 0 amide bonds. The first-order valence-electron chi connectivity index (χ1n) is 6.60. The molecule has 0 spiro atoms. The third-order valence-corrected chi connectivity index (χ3v) is 3.36. The fraction of sp³-hybridized carbons (Fsp3) is 0.0625. The van der Waals surface area contributed by atoms with Crippen LogP contribution in [0.25, 0.3) is 10.9 Å². The van der Waals surface area contributed by atoms with Crippen LogP contribution in [-0.4, -0.2) is 23.3 Å². The molecule has 3 aromatic rings. The first-order valence-corrected chi connectivity index (χ1v) is 6.98. The van der Waals surface area contributed by atoms with Crippen LogP contribution in [-0.2, 0) is 0 Å². The van der Waals surface area contributed by atoms with Gasteiger partial charge in [-0.25, -0.2) is 9.97 Å². The number of methoxy groups -OCH3 is 1. The predicted molar refractivity (Wildman–Crippen MR) is 88.8 cm³/mol. The van der Waals surface area contributed by atoms with Crippen LogP contribution in [0.15, 0.2) is 53.8 Å². The van der Waals surface area contributed by atoms with Gasteiger partial charge < -0.3 is 4.74 Å². The molecule has 0 bridgehead atoms. The average Bonchev–Trinajstić information content (AvgIpc) is 2.56. The molecule has 1 aromatic carbocycles. The smallest absolute Gasteiger partial charge is 0.146 e. The third kappa shape index (κ3) is 3.15. The molecule has 1 N–H and O–H groups in total. The van der Waals surface area contributed by atoms with E-state index in [9.17, 15) is 0 Å².